The maximum atomic E-state index is 13.9. The van der Waals surface area contributed by atoms with Crippen molar-refractivity contribution in [2.75, 3.05) is 26.7 Å². The number of ether oxygens (including phenoxy) is 1. The van der Waals surface area contributed by atoms with E-state index in [0.717, 1.165) is 29.5 Å². The highest BCUT2D eigenvalue weighted by Gasteiger charge is 2.30. The number of sulfonamides is 1. The van der Waals surface area contributed by atoms with Crippen LogP contribution in [0, 0.1) is 0 Å². The van der Waals surface area contributed by atoms with Crippen molar-refractivity contribution in [3.05, 3.63) is 108 Å². The van der Waals surface area contributed by atoms with Gasteiger partial charge in [-0.2, -0.15) is 4.31 Å². The maximum Gasteiger partial charge on any atom is 0.243 e. The van der Waals surface area contributed by atoms with Gasteiger partial charge in [-0.25, -0.2) is 8.42 Å². The van der Waals surface area contributed by atoms with E-state index in [1.807, 2.05) is 54.6 Å². The van der Waals surface area contributed by atoms with E-state index in [-0.39, 0.29) is 29.7 Å². The van der Waals surface area contributed by atoms with Gasteiger partial charge in [0.1, 0.15) is 11.8 Å². The molecule has 3 aromatic rings. The molecule has 1 saturated heterocycles. The summed E-state index contributed by atoms with van der Waals surface area (Å²) in [4.78, 5) is 29.2. The number of carbonyl (C=O) groups is 2. The molecule has 1 N–H and O–H groups in total. The van der Waals surface area contributed by atoms with Crippen LogP contribution in [0.4, 0.5) is 0 Å². The highest BCUT2D eigenvalue weighted by Crippen LogP contribution is 2.22. The van der Waals surface area contributed by atoms with E-state index in [9.17, 15) is 18.0 Å². The van der Waals surface area contributed by atoms with Crippen LogP contribution in [0.15, 0.2) is 96.4 Å². The van der Waals surface area contributed by atoms with E-state index in [4.69, 9.17) is 4.74 Å². The summed E-state index contributed by atoms with van der Waals surface area (Å²) in [7, 11) is -1.90. The highest BCUT2D eigenvalue weighted by molar-refractivity contribution is 7.89. The molecule has 1 aliphatic heterocycles. The molecule has 0 spiro atoms. The molecule has 0 aliphatic carbocycles. The first-order valence-electron chi connectivity index (χ1n) is 14.3. The quantitative estimate of drug-likeness (QED) is 0.282. The Morgan fingerprint density at radius 1 is 0.952 bits per heavy atom. The molecule has 2 amide bonds. The first kappa shape index (κ1) is 31.0. The van der Waals surface area contributed by atoms with Crippen LogP contribution < -0.4 is 10.1 Å². The van der Waals surface area contributed by atoms with Crippen molar-refractivity contribution >= 4 is 21.8 Å². The van der Waals surface area contributed by atoms with Gasteiger partial charge in [-0.05, 0) is 60.2 Å². The second kappa shape index (κ2) is 14.8. The third-order valence-corrected chi connectivity index (χ3v) is 9.37. The van der Waals surface area contributed by atoms with Crippen LogP contribution in [-0.4, -0.2) is 62.2 Å². The second-order valence-corrected chi connectivity index (χ2v) is 12.3. The summed E-state index contributed by atoms with van der Waals surface area (Å²) < 4.78 is 32.6. The van der Waals surface area contributed by atoms with Crippen molar-refractivity contribution in [3.63, 3.8) is 0 Å². The first-order chi connectivity index (χ1) is 20.3. The average Bonchev–Trinajstić information content (AvgIpc) is 3.58. The number of hydrogen-bond donors (Lipinski definition) is 1. The van der Waals surface area contributed by atoms with Crippen molar-refractivity contribution < 1.29 is 22.7 Å². The molecule has 0 bridgehead atoms. The Balaban J connectivity index is 1.55. The number of amides is 2. The lowest BCUT2D eigenvalue weighted by molar-refractivity contribution is -0.141. The molecular weight excluding hydrogens is 550 g/mol. The fraction of sp³-hybridized carbons (Fsp3) is 0.333. The number of methoxy groups -OCH3 is 1. The van der Waals surface area contributed by atoms with Crippen LogP contribution in [0.2, 0.25) is 0 Å². The number of hydrogen-bond acceptors (Lipinski definition) is 5. The molecule has 4 rings (SSSR count). The van der Waals surface area contributed by atoms with Gasteiger partial charge in [-0.3, -0.25) is 9.59 Å². The van der Waals surface area contributed by atoms with Gasteiger partial charge >= 0.3 is 0 Å². The molecule has 42 heavy (non-hydrogen) atoms. The molecule has 1 atom stereocenters. The Bertz CT molecular complexity index is 1440. The number of nitrogens with one attached hydrogen (secondary N) is 1. The standard InChI is InChI=1S/C33H39N3O5S/c1-3-21-34-33(38)31(24-27-9-5-4-6-10-27)36(25-28-11-16-29(41-2)17-12-28)32(37)20-15-26-13-18-30(19-14-26)42(39,40)35-22-7-8-23-35/h3-6,9-14,16-19,31H,1,7-8,15,20-25H2,2H3,(H,34,38)/t31-/m0/s1. The Morgan fingerprint density at radius 3 is 2.21 bits per heavy atom. The van der Waals surface area contributed by atoms with Crippen molar-refractivity contribution in [1.82, 2.24) is 14.5 Å². The third kappa shape index (κ3) is 8.08. The molecule has 9 heteroatoms. The fourth-order valence-corrected chi connectivity index (χ4v) is 6.59. The molecule has 0 saturated carbocycles. The van der Waals surface area contributed by atoms with E-state index in [1.165, 1.54) is 4.31 Å². The van der Waals surface area contributed by atoms with Crippen LogP contribution in [0.3, 0.4) is 0 Å². The maximum absolute atomic E-state index is 13.9. The summed E-state index contributed by atoms with van der Waals surface area (Å²) in [6.45, 7) is 5.33. The number of nitrogens with zero attached hydrogens (tertiary/aromatic N) is 2. The molecular formula is C33H39N3O5S. The monoisotopic (exact) mass is 589 g/mol. The largest absolute Gasteiger partial charge is 0.497 e. The number of aryl methyl sites for hydroxylation is 1. The summed E-state index contributed by atoms with van der Waals surface area (Å²) in [5.74, 6) is 0.280. The van der Waals surface area contributed by atoms with Gasteiger partial charge in [0, 0.05) is 39.0 Å². The topological polar surface area (TPSA) is 96.0 Å². The van der Waals surface area contributed by atoms with E-state index >= 15 is 0 Å². The minimum Gasteiger partial charge on any atom is -0.497 e. The van der Waals surface area contributed by atoms with Crippen molar-refractivity contribution in [2.45, 2.75) is 49.6 Å². The number of benzene rings is 3. The van der Waals surface area contributed by atoms with E-state index < -0.39 is 16.1 Å². The Morgan fingerprint density at radius 2 is 1.60 bits per heavy atom. The van der Waals surface area contributed by atoms with Gasteiger partial charge in [0.05, 0.1) is 12.0 Å². The lowest BCUT2D eigenvalue weighted by atomic mass is 10.0. The summed E-state index contributed by atoms with van der Waals surface area (Å²) in [5.41, 5.74) is 2.66. The van der Waals surface area contributed by atoms with Gasteiger partial charge in [0.2, 0.25) is 21.8 Å². The van der Waals surface area contributed by atoms with Crippen LogP contribution in [0.1, 0.15) is 36.0 Å². The molecule has 1 heterocycles. The van der Waals surface area contributed by atoms with Crippen LogP contribution in [0.25, 0.3) is 0 Å². The molecule has 8 nitrogen and oxygen atoms in total. The summed E-state index contributed by atoms with van der Waals surface area (Å²) in [6, 6.07) is 23.1. The Kier molecular flexibility index (Phi) is 10.9. The number of rotatable bonds is 14. The molecule has 0 unspecified atom stereocenters. The smallest absolute Gasteiger partial charge is 0.243 e. The molecule has 1 fully saturated rings. The predicted octanol–water partition coefficient (Wildman–Crippen LogP) is 4.35. The average molecular weight is 590 g/mol. The third-order valence-electron chi connectivity index (χ3n) is 7.46. The lowest BCUT2D eigenvalue weighted by Gasteiger charge is -2.31. The summed E-state index contributed by atoms with van der Waals surface area (Å²) >= 11 is 0. The van der Waals surface area contributed by atoms with Crippen molar-refractivity contribution in [2.24, 2.45) is 0 Å². The zero-order chi connectivity index (χ0) is 30.0. The summed E-state index contributed by atoms with van der Waals surface area (Å²) in [6.07, 6.45) is 4.30. The first-order valence-corrected chi connectivity index (χ1v) is 15.7. The normalized spacial score (nSPS) is 14.2. The van der Waals surface area contributed by atoms with Gasteiger partial charge in [0.15, 0.2) is 0 Å². The van der Waals surface area contributed by atoms with Crippen LogP contribution >= 0.6 is 0 Å². The fourth-order valence-electron chi connectivity index (χ4n) is 5.07. The number of carbonyl (C=O) groups excluding carboxylic acids is 2. The second-order valence-electron chi connectivity index (χ2n) is 10.4. The van der Waals surface area contributed by atoms with Gasteiger partial charge in [-0.15, -0.1) is 6.58 Å². The summed E-state index contributed by atoms with van der Waals surface area (Å²) in [5, 5.41) is 2.88. The predicted molar refractivity (Wildman–Crippen MR) is 163 cm³/mol. The van der Waals surface area contributed by atoms with E-state index in [2.05, 4.69) is 11.9 Å². The van der Waals surface area contributed by atoms with Crippen molar-refractivity contribution in [3.8, 4) is 5.75 Å². The SMILES string of the molecule is C=CCNC(=O)[C@H](Cc1ccccc1)N(Cc1ccc(OC)cc1)C(=O)CCc1ccc(S(=O)(=O)N2CCCC2)cc1. The Hall–Kier alpha value is -3.95. The molecule has 1 aliphatic rings. The van der Waals surface area contributed by atoms with Gasteiger partial charge in [0.25, 0.3) is 0 Å². The van der Waals surface area contributed by atoms with Gasteiger partial charge in [-0.1, -0.05) is 60.7 Å². The van der Waals surface area contributed by atoms with E-state index in [1.54, 1.807) is 42.4 Å². The van der Waals surface area contributed by atoms with Gasteiger partial charge < -0.3 is 15.0 Å². The van der Waals surface area contributed by atoms with Crippen LogP contribution in [0.5, 0.6) is 5.75 Å². The van der Waals surface area contributed by atoms with Crippen LogP contribution in [-0.2, 0) is 39.0 Å². The zero-order valence-electron chi connectivity index (χ0n) is 24.1. The molecule has 0 radical (unpaired) electrons. The zero-order valence-corrected chi connectivity index (χ0v) is 24.9. The van der Waals surface area contributed by atoms with Crippen molar-refractivity contribution in [1.29, 1.82) is 0 Å². The minimum absolute atomic E-state index is 0.161. The Labute approximate surface area is 249 Å². The molecule has 0 aromatic heterocycles. The molecule has 222 valence electrons. The minimum atomic E-state index is -3.50. The molecule has 3 aromatic carbocycles. The van der Waals surface area contributed by atoms with E-state index in [0.29, 0.717) is 38.2 Å². The lowest BCUT2D eigenvalue weighted by Crippen LogP contribution is -2.50. The highest BCUT2D eigenvalue weighted by atomic mass is 32.2.